The molecule has 1 amide bonds. The Labute approximate surface area is 140 Å². The predicted octanol–water partition coefficient (Wildman–Crippen LogP) is 2.82. The fraction of sp³-hybridized carbons (Fsp3) is 0.471. The summed E-state index contributed by atoms with van der Waals surface area (Å²) in [6, 6.07) is 4.65. The Kier molecular flexibility index (Phi) is 5.03. The highest BCUT2D eigenvalue weighted by Gasteiger charge is 2.27. The van der Waals surface area contributed by atoms with Crippen molar-refractivity contribution >= 4 is 17.2 Å². The van der Waals surface area contributed by atoms with E-state index in [1.54, 1.807) is 11.3 Å². The highest BCUT2D eigenvalue weighted by molar-refractivity contribution is 7.09. The summed E-state index contributed by atoms with van der Waals surface area (Å²) in [4.78, 5) is 23.7. The van der Waals surface area contributed by atoms with Crippen molar-refractivity contribution in [2.24, 2.45) is 0 Å². The maximum absolute atomic E-state index is 11.1. The number of hydrogen-bond acceptors (Lipinski definition) is 5. The van der Waals surface area contributed by atoms with Crippen LogP contribution in [-0.4, -0.2) is 27.3 Å². The molecule has 2 aromatic rings. The van der Waals surface area contributed by atoms with Gasteiger partial charge >= 0.3 is 0 Å². The van der Waals surface area contributed by atoms with E-state index in [1.807, 2.05) is 11.7 Å². The molecule has 122 valence electrons. The van der Waals surface area contributed by atoms with Crippen LogP contribution in [0.1, 0.15) is 47.6 Å². The predicted molar refractivity (Wildman–Crippen MR) is 91.0 cm³/mol. The SMILES string of the molecule is CC(=O)NCc1cc([C@H]2CCCN2Cc2scnc2C)ccn1. The van der Waals surface area contributed by atoms with Crippen molar-refractivity contribution in [3.8, 4) is 0 Å². The molecule has 0 aromatic carbocycles. The molecule has 5 nitrogen and oxygen atoms in total. The van der Waals surface area contributed by atoms with E-state index in [-0.39, 0.29) is 5.91 Å². The fourth-order valence-corrected chi connectivity index (χ4v) is 3.87. The van der Waals surface area contributed by atoms with Crippen LogP contribution in [0.15, 0.2) is 23.8 Å². The maximum Gasteiger partial charge on any atom is 0.217 e. The number of hydrogen-bond donors (Lipinski definition) is 1. The van der Waals surface area contributed by atoms with Gasteiger partial charge in [0.1, 0.15) is 0 Å². The summed E-state index contributed by atoms with van der Waals surface area (Å²) < 4.78 is 0. The van der Waals surface area contributed by atoms with Crippen LogP contribution in [0.25, 0.3) is 0 Å². The van der Waals surface area contributed by atoms with E-state index >= 15 is 0 Å². The van der Waals surface area contributed by atoms with E-state index in [2.05, 4.69) is 39.2 Å². The molecule has 3 heterocycles. The fourth-order valence-electron chi connectivity index (χ4n) is 3.07. The van der Waals surface area contributed by atoms with Crippen LogP contribution in [0.3, 0.4) is 0 Å². The van der Waals surface area contributed by atoms with Crippen molar-refractivity contribution < 1.29 is 4.79 Å². The second-order valence-corrected chi connectivity index (χ2v) is 6.92. The third kappa shape index (κ3) is 3.95. The van der Waals surface area contributed by atoms with E-state index in [0.29, 0.717) is 12.6 Å². The van der Waals surface area contributed by atoms with E-state index in [4.69, 9.17) is 0 Å². The molecule has 0 saturated carbocycles. The lowest BCUT2D eigenvalue weighted by atomic mass is 10.0. The molecule has 1 aliphatic heterocycles. The highest BCUT2D eigenvalue weighted by Crippen LogP contribution is 2.34. The molecule has 1 saturated heterocycles. The Bertz CT molecular complexity index is 685. The van der Waals surface area contributed by atoms with Gasteiger partial charge in [-0.2, -0.15) is 0 Å². The van der Waals surface area contributed by atoms with Crippen molar-refractivity contribution in [2.45, 2.75) is 45.8 Å². The van der Waals surface area contributed by atoms with Crippen LogP contribution < -0.4 is 5.32 Å². The number of pyridine rings is 1. The van der Waals surface area contributed by atoms with Crippen LogP contribution >= 0.6 is 11.3 Å². The number of carbonyl (C=O) groups is 1. The van der Waals surface area contributed by atoms with E-state index < -0.39 is 0 Å². The molecule has 0 radical (unpaired) electrons. The summed E-state index contributed by atoms with van der Waals surface area (Å²) in [5.74, 6) is -0.0274. The van der Waals surface area contributed by atoms with E-state index in [1.165, 1.54) is 30.2 Å². The molecule has 3 rings (SSSR count). The van der Waals surface area contributed by atoms with Gasteiger partial charge in [0.25, 0.3) is 0 Å². The Morgan fingerprint density at radius 2 is 2.35 bits per heavy atom. The van der Waals surface area contributed by atoms with Crippen molar-refractivity contribution in [2.75, 3.05) is 6.54 Å². The van der Waals surface area contributed by atoms with E-state index in [9.17, 15) is 4.79 Å². The van der Waals surface area contributed by atoms with Crippen LogP contribution in [-0.2, 0) is 17.9 Å². The first-order valence-electron chi connectivity index (χ1n) is 7.96. The smallest absolute Gasteiger partial charge is 0.217 e. The van der Waals surface area contributed by atoms with Gasteiger partial charge in [-0.05, 0) is 44.0 Å². The largest absolute Gasteiger partial charge is 0.351 e. The molecule has 0 spiro atoms. The Morgan fingerprint density at radius 3 is 3.09 bits per heavy atom. The average molecular weight is 330 g/mol. The first kappa shape index (κ1) is 16.1. The molecule has 1 aliphatic rings. The van der Waals surface area contributed by atoms with Gasteiger partial charge < -0.3 is 5.32 Å². The lowest BCUT2D eigenvalue weighted by Crippen LogP contribution is -2.23. The quantitative estimate of drug-likeness (QED) is 0.916. The third-order valence-corrected chi connectivity index (χ3v) is 5.22. The Balaban J connectivity index is 1.73. The molecule has 1 atom stereocenters. The Morgan fingerprint density at radius 1 is 1.48 bits per heavy atom. The zero-order valence-corrected chi connectivity index (χ0v) is 14.4. The minimum absolute atomic E-state index is 0.0274. The van der Waals surface area contributed by atoms with Gasteiger partial charge in [-0.3, -0.25) is 14.7 Å². The summed E-state index contributed by atoms with van der Waals surface area (Å²) >= 11 is 1.74. The van der Waals surface area contributed by atoms with Crippen LogP contribution in [0.2, 0.25) is 0 Å². The maximum atomic E-state index is 11.1. The monoisotopic (exact) mass is 330 g/mol. The first-order valence-corrected chi connectivity index (χ1v) is 8.83. The van der Waals surface area contributed by atoms with Gasteiger partial charge in [0, 0.05) is 30.6 Å². The standard InChI is InChI=1S/C17H22N4OS/c1-12-17(23-11-20-12)10-21-7-3-4-16(21)14-5-6-18-15(8-14)9-19-13(2)22/h5-6,8,11,16H,3-4,7,9-10H2,1-2H3,(H,19,22)/t16-/m1/s1. The van der Waals surface area contributed by atoms with Crippen LogP contribution in [0.4, 0.5) is 0 Å². The molecular weight excluding hydrogens is 308 g/mol. The van der Waals surface area contributed by atoms with Gasteiger partial charge in [-0.15, -0.1) is 11.3 Å². The summed E-state index contributed by atoms with van der Waals surface area (Å²) in [5.41, 5.74) is 5.27. The van der Waals surface area contributed by atoms with E-state index in [0.717, 1.165) is 24.5 Å². The molecule has 23 heavy (non-hydrogen) atoms. The molecular formula is C17H22N4OS. The number of nitrogens with one attached hydrogen (secondary N) is 1. The van der Waals surface area contributed by atoms with Gasteiger partial charge in [0.2, 0.25) is 5.91 Å². The number of aryl methyl sites for hydroxylation is 1. The van der Waals surface area contributed by atoms with Gasteiger partial charge in [-0.1, -0.05) is 0 Å². The lowest BCUT2D eigenvalue weighted by Gasteiger charge is -2.24. The number of thiazole rings is 1. The van der Waals surface area contributed by atoms with Crippen molar-refractivity contribution in [1.29, 1.82) is 0 Å². The van der Waals surface area contributed by atoms with Crippen molar-refractivity contribution in [3.63, 3.8) is 0 Å². The van der Waals surface area contributed by atoms with Crippen LogP contribution in [0, 0.1) is 6.92 Å². The summed E-state index contributed by atoms with van der Waals surface area (Å²) in [6.45, 7) is 6.18. The topological polar surface area (TPSA) is 58.1 Å². The second kappa shape index (κ2) is 7.19. The Hall–Kier alpha value is -1.79. The number of rotatable bonds is 5. The van der Waals surface area contributed by atoms with Gasteiger partial charge in [0.15, 0.2) is 0 Å². The van der Waals surface area contributed by atoms with Gasteiger partial charge in [-0.25, -0.2) is 4.98 Å². The van der Waals surface area contributed by atoms with Crippen molar-refractivity contribution in [1.82, 2.24) is 20.2 Å². The van der Waals surface area contributed by atoms with Gasteiger partial charge in [0.05, 0.1) is 23.4 Å². The number of nitrogens with zero attached hydrogens (tertiary/aromatic N) is 3. The lowest BCUT2D eigenvalue weighted by molar-refractivity contribution is -0.119. The molecule has 6 heteroatoms. The molecule has 0 aliphatic carbocycles. The van der Waals surface area contributed by atoms with Crippen LogP contribution in [0.5, 0.6) is 0 Å². The summed E-state index contributed by atoms with van der Waals surface area (Å²) in [5, 5.41) is 2.81. The molecule has 0 unspecified atom stereocenters. The molecule has 1 fully saturated rings. The number of amides is 1. The average Bonchev–Trinajstić information content (AvgIpc) is 3.16. The number of likely N-dealkylation sites (tertiary alicyclic amines) is 1. The minimum Gasteiger partial charge on any atom is -0.351 e. The normalized spacial score (nSPS) is 18.3. The molecule has 0 bridgehead atoms. The minimum atomic E-state index is -0.0274. The zero-order valence-electron chi connectivity index (χ0n) is 13.6. The summed E-state index contributed by atoms with van der Waals surface area (Å²) in [6.07, 6.45) is 4.23. The second-order valence-electron chi connectivity index (χ2n) is 5.98. The number of carbonyl (C=O) groups excluding carboxylic acids is 1. The first-order chi connectivity index (χ1) is 11.1. The zero-order chi connectivity index (χ0) is 16.2. The number of aromatic nitrogens is 2. The van der Waals surface area contributed by atoms with Crippen molar-refractivity contribution in [3.05, 3.63) is 45.7 Å². The summed E-state index contributed by atoms with van der Waals surface area (Å²) in [7, 11) is 0. The molecule has 2 aromatic heterocycles. The molecule has 1 N–H and O–H groups in total. The highest BCUT2D eigenvalue weighted by atomic mass is 32.1. The third-order valence-electron chi connectivity index (χ3n) is 4.30.